The molecule has 2 N–H and O–H groups in total. The quantitative estimate of drug-likeness (QED) is 0.884. The van der Waals surface area contributed by atoms with Crippen molar-refractivity contribution < 1.29 is 9.47 Å². The Morgan fingerprint density at radius 3 is 2.86 bits per heavy atom. The van der Waals surface area contributed by atoms with Crippen LogP contribution in [0.3, 0.4) is 0 Å². The minimum atomic E-state index is 0.423. The van der Waals surface area contributed by atoms with Crippen molar-refractivity contribution in [2.45, 2.75) is 19.6 Å². The highest BCUT2D eigenvalue weighted by Gasteiger charge is 2.17. The minimum absolute atomic E-state index is 0.423. The largest absolute Gasteiger partial charge is 0.493 e. The average molecular weight is 369 g/mol. The first kappa shape index (κ1) is 14.7. The lowest BCUT2D eigenvalue weighted by Crippen LogP contribution is -2.00. The molecule has 0 bridgehead atoms. The van der Waals surface area contributed by atoms with Crippen molar-refractivity contribution in [3.05, 3.63) is 56.5 Å². The van der Waals surface area contributed by atoms with E-state index in [4.69, 9.17) is 26.8 Å². The Kier molecular flexibility index (Phi) is 4.38. The van der Waals surface area contributed by atoms with Gasteiger partial charge in [0.05, 0.1) is 6.61 Å². The van der Waals surface area contributed by atoms with E-state index in [-0.39, 0.29) is 0 Å². The SMILES string of the molecule is NCc1ccc(OCc2cc(Br)cc3c2OCC3)cc1Cl. The molecule has 0 radical (unpaired) electrons. The smallest absolute Gasteiger partial charge is 0.129 e. The third-order valence-corrected chi connectivity index (χ3v) is 4.27. The molecule has 110 valence electrons. The van der Waals surface area contributed by atoms with Crippen LogP contribution in [-0.2, 0) is 19.6 Å². The first-order chi connectivity index (χ1) is 10.2. The summed E-state index contributed by atoms with van der Waals surface area (Å²) < 4.78 is 12.6. The topological polar surface area (TPSA) is 44.5 Å². The number of ether oxygens (including phenoxy) is 2. The number of rotatable bonds is 4. The summed E-state index contributed by atoms with van der Waals surface area (Å²) in [5.41, 5.74) is 8.77. The third kappa shape index (κ3) is 3.18. The second-order valence-electron chi connectivity index (χ2n) is 4.90. The van der Waals surface area contributed by atoms with E-state index in [1.54, 1.807) is 6.07 Å². The van der Waals surface area contributed by atoms with Crippen molar-refractivity contribution in [3.63, 3.8) is 0 Å². The number of hydrogen-bond acceptors (Lipinski definition) is 3. The second-order valence-corrected chi connectivity index (χ2v) is 6.22. The molecule has 0 spiro atoms. The second kappa shape index (κ2) is 6.26. The molecule has 0 amide bonds. The van der Waals surface area contributed by atoms with Crippen molar-refractivity contribution in [3.8, 4) is 11.5 Å². The van der Waals surface area contributed by atoms with Crippen LogP contribution in [0, 0.1) is 0 Å². The normalized spacial score (nSPS) is 12.9. The zero-order valence-corrected chi connectivity index (χ0v) is 13.7. The molecule has 0 saturated carbocycles. The fraction of sp³-hybridized carbons (Fsp3) is 0.250. The summed E-state index contributed by atoms with van der Waals surface area (Å²) in [4.78, 5) is 0. The zero-order chi connectivity index (χ0) is 14.8. The van der Waals surface area contributed by atoms with Crippen LogP contribution in [0.2, 0.25) is 5.02 Å². The summed E-state index contributed by atoms with van der Waals surface area (Å²) in [7, 11) is 0. The molecule has 0 fully saturated rings. The van der Waals surface area contributed by atoms with Gasteiger partial charge in [-0.1, -0.05) is 33.6 Å². The molecule has 3 rings (SSSR count). The number of halogens is 2. The lowest BCUT2D eigenvalue weighted by Gasteiger charge is -2.12. The summed E-state index contributed by atoms with van der Waals surface area (Å²) in [6, 6.07) is 9.69. The van der Waals surface area contributed by atoms with E-state index in [1.165, 1.54) is 5.56 Å². The standard InChI is InChI=1S/C16H15BrClNO2/c17-13-5-10-3-4-20-16(10)12(6-13)9-21-14-2-1-11(8-19)15(18)7-14/h1-2,5-7H,3-4,8-9,19H2. The molecule has 0 aromatic heterocycles. The van der Waals surface area contributed by atoms with Crippen LogP contribution in [0.15, 0.2) is 34.8 Å². The van der Waals surface area contributed by atoms with Gasteiger partial charge in [0.2, 0.25) is 0 Å². The maximum absolute atomic E-state index is 6.14. The lowest BCUT2D eigenvalue weighted by molar-refractivity contribution is 0.292. The Hall–Kier alpha value is -1.23. The number of fused-ring (bicyclic) bond motifs is 1. The van der Waals surface area contributed by atoms with E-state index in [0.717, 1.165) is 40.1 Å². The highest BCUT2D eigenvalue weighted by atomic mass is 79.9. The van der Waals surface area contributed by atoms with Crippen LogP contribution < -0.4 is 15.2 Å². The van der Waals surface area contributed by atoms with Gasteiger partial charge >= 0.3 is 0 Å². The van der Waals surface area contributed by atoms with Crippen LogP contribution in [0.1, 0.15) is 16.7 Å². The van der Waals surface area contributed by atoms with Crippen LogP contribution in [0.4, 0.5) is 0 Å². The third-order valence-electron chi connectivity index (χ3n) is 3.46. The predicted molar refractivity (Wildman–Crippen MR) is 87.0 cm³/mol. The van der Waals surface area contributed by atoms with Crippen molar-refractivity contribution in [2.75, 3.05) is 6.61 Å². The maximum Gasteiger partial charge on any atom is 0.129 e. The average Bonchev–Trinajstić information content (AvgIpc) is 2.93. The molecule has 2 aromatic carbocycles. The van der Waals surface area contributed by atoms with E-state index in [0.29, 0.717) is 18.2 Å². The zero-order valence-electron chi connectivity index (χ0n) is 11.4. The van der Waals surface area contributed by atoms with Crippen molar-refractivity contribution in [1.82, 2.24) is 0 Å². The van der Waals surface area contributed by atoms with Gasteiger partial charge in [0, 0.05) is 28.0 Å². The summed E-state index contributed by atoms with van der Waals surface area (Å²) in [6.07, 6.45) is 0.943. The number of hydrogen-bond donors (Lipinski definition) is 1. The highest BCUT2D eigenvalue weighted by molar-refractivity contribution is 9.10. The van der Waals surface area contributed by atoms with Crippen LogP contribution in [0.5, 0.6) is 11.5 Å². The first-order valence-corrected chi connectivity index (χ1v) is 7.90. The molecule has 21 heavy (non-hydrogen) atoms. The predicted octanol–water partition coefficient (Wildman–Crippen LogP) is 4.08. The molecule has 0 saturated heterocycles. The van der Waals surface area contributed by atoms with Crippen LogP contribution >= 0.6 is 27.5 Å². The molecular formula is C16H15BrClNO2. The Morgan fingerprint density at radius 2 is 2.10 bits per heavy atom. The molecule has 0 aliphatic carbocycles. The summed E-state index contributed by atoms with van der Waals surface area (Å²) >= 11 is 9.66. The van der Waals surface area contributed by atoms with E-state index < -0.39 is 0 Å². The Bertz CT molecular complexity index is 676. The Balaban J connectivity index is 1.78. The van der Waals surface area contributed by atoms with Gasteiger partial charge in [0.15, 0.2) is 0 Å². The minimum Gasteiger partial charge on any atom is -0.493 e. The monoisotopic (exact) mass is 367 g/mol. The summed E-state index contributed by atoms with van der Waals surface area (Å²) in [6.45, 7) is 1.60. The molecule has 5 heteroatoms. The van der Waals surface area contributed by atoms with E-state index in [1.807, 2.05) is 18.2 Å². The summed E-state index contributed by atoms with van der Waals surface area (Å²) in [5.74, 6) is 1.67. The summed E-state index contributed by atoms with van der Waals surface area (Å²) in [5, 5.41) is 0.630. The van der Waals surface area contributed by atoms with Gasteiger partial charge in [0.25, 0.3) is 0 Å². The van der Waals surface area contributed by atoms with E-state index >= 15 is 0 Å². The molecule has 2 aromatic rings. The molecule has 1 aliphatic heterocycles. The fourth-order valence-corrected chi connectivity index (χ4v) is 3.20. The van der Waals surface area contributed by atoms with Crippen molar-refractivity contribution in [1.29, 1.82) is 0 Å². The Labute approximate surface area is 137 Å². The first-order valence-electron chi connectivity index (χ1n) is 6.73. The van der Waals surface area contributed by atoms with Gasteiger partial charge in [-0.05, 0) is 35.4 Å². The van der Waals surface area contributed by atoms with Crippen molar-refractivity contribution >= 4 is 27.5 Å². The van der Waals surface area contributed by atoms with Gasteiger partial charge in [0.1, 0.15) is 18.1 Å². The molecule has 3 nitrogen and oxygen atoms in total. The van der Waals surface area contributed by atoms with E-state index in [9.17, 15) is 0 Å². The molecular weight excluding hydrogens is 354 g/mol. The fourth-order valence-electron chi connectivity index (χ4n) is 2.40. The lowest BCUT2D eigenvalue weighted by atomic mass is 10.1. The van der Waals surface area contributed by atoms with E-state index in [2.05, 4.69) is 22.0 Å². The van der Waals surface area contributed by atoms with Gasteiger partial charge in [-0.25, -0.2) is 0 Å². The molecule has 0 atom stereocenters. The van der Waals surface area contributed by atoms with Gasteiger partial charge in [-0.15, -0.1) is 0 Å². The van der Waals surface area contributed by atoms with Gasteiger partial charge in [-0.3, -0.25) is 0 Å². The Morgan fingerprint density at radius 1 is 1.24 bits per heavy atom. The molecule has 1 aliphatic rings. The molecule has 0 unspecified atom stereocenters. The van der Waals surface area contributed by atoms with Gasteiger partial charge in [-0.2, -0.15) is 0 Å². The number of benzene rings is 2. The van der Waals surface area contributed by atoms with Crippen LogP contribution in [0.25, 0.3) is 0 Å². The van der Waals surface area contributed by atoms with Crippen molar-refractivity contribution in [2.24, 2.45) is 5.73 Å². The van der Waals surface area contributed by atoms with Gasteiger partial charge < -0.3 is 15.2 Å². The van der Waals surface area contributed by atoms with Crippen LogP contribution in [-0.4, -0.2) is 6.61 Å². The highest BCUT2D eigenvalue weighted by Crippen LogP contribution is 2.34. The molecule has 1 heterocycles. The maximum atomic E-state index is 6.14. The number of nitrogens with two attached hydrogens (primary N) is 1.